The molecule has 0 saturated carbocycles. The molecule has 0 aliphatic carbocycles. The molecule has 0 radical (unpaired) electrons. The molecule has 0 bridgehead atoms. The average Bonchev–Trinajstić information content (AvgIpc) is 3.21. The van der Waals surface area contributed by atoms with E-state index in [1.807, 2.05) is 29.0 Å². The minimum Gasteiger partial charge on any atom is -0.495 e. The molecule has 0 aliphatic heterocycles. The summed E-state index contributed by atoms with van der Waals surface area (Å²) in [6, 6.07) is 15.8. The molecule has 5 nitrogen and oxygen atoms in total. The van der Waals surface area contributed by atoms with Crippen LogP contribution in [-0.2, 0) is 10.0 Å². The molecule has 0 saturated heterocycles. The van der Waals surface area contributed by atoms with E-state index in [-0.39, 0.29) is 17.2 Å². The first-order valence-corrected chi connectivity index (χ1v) is 10.4. The Hall–Kier alpha value is -2.19. The molecule has 2 N–H and O–H groups in total. The number of nitrogens with one attached hydrogen (secondary N) is 1. The molecule has 1 heterocycles. The lowest BCUT2D eigenvalue weighted by molar-refractivity contribution is 0.182. The first kappa shape index (κ1) is 18.6. The monoisotopic (exact) mass is 389 g/mol. The molecule has 1 aromatic heterocycles. The maximum atomic E-state index is 12.5. The van der Waals surface area contributed by atoms with Gasteiger partial charge in [-0.15, -0.1) is 0 Å². The van der Waals surface area contributed by atoms with Gasteiger partial charge in [-0.1, -0.05) is 36.4 Å². The lowest BCUT2D eigenvalue weighted by Crippen LogP contribution is -2.28. The maximum Gasteiger partial charge on any atom is 0.244 e. The van der Waals surface area contributed by atoms with Crippen LogP contribution in [0.1, 0.15) is 11.7 Å². The highest BCUT2D eigenvalue weighted by atomic mass is 32.2. The Kier molecular flexibility index (Phi) is 5.73. The van der Waals surface area contributed by atoms with Gasteiger partial charge < -0.3 is 9.84 Å². The maximum absolute atomic E-state index is 12.5. The number of hydrogen-bond donors (Lipinski definition) is 2. The van der Waals surface area contributed by atoms with Gasteiger partial charge in [0.25, 0.3) is 0 Å². The summed E-state index contributed by atoms with van der Waals surface area (Å²) in [5.41, 5.74) is 2.82. The highest BCUT2D eigenvalue weighted by molar-refractivity contribution is 7.89. The second kappa shape index (κ2) is 8.01. The van der Waals surface area contributed by atoms with Gasteiger partial charge in [-0.2, -0.15) is 11.3 Å². The normalized spacial score (nSPS) is 12.7. The van der Waals surface area contributed by atoms with Crippen molar-refractivity contribution in [2.75, 3.05) is 13.7 Å². The third kappa shape index (κ3) is 4.13. The Morgan fingerprint density at radius 1 is 1.08 bits per heavy atom. The minimum absolute atomic E-state index is 0.0440. The molecule has 0 amide bonds. The van der Waals surface area contributed by atoms with Crippen molar-refractivity contribution in [1.82, 2.24) is 4.72 Å². The Bertz CT molecular complexity index is 951. The molecule has 1 atom stereocenters. The van der Waals surface area contributed by atoms with Crippen molar-refractivity contribution in [2.45, 2.75) is 11.0 Å². The van der Waals surface area contributed by atoms with E-state index in [4.69, 9.17) is 4.74 Å². The summed E-state index contributed by atoms with van der Waals surface area (Å²) in [5, 5.41) is 14.4. The van der Waals surface area contributed by atoms with Gasteiger partial charge in [-0.3, -0.25) is 0 Å². The highest BCUT2D eigenvalue weighted by Crippen LogP contribution is 2.25. The molecular formula is C19H19NO4S2. The number of sulfonamides is 1. The Morgan fingerprint density at radius 2 is 1.81 bits per heavy atom. The summed E-state index contributed by atoms with van der Waals surface area (Å²) in [7, 11) is -2.37. The number of benzene rings is 2. The van der Waals surface area contributed by atoms with Gasteiger partial charge in [0.05, 0.1) is 13.2 Å². The van der Waals surface area contributed by atoms with E-state index in [0.29, 0.717) is 5.56 Å². The molecule has 0 spiro atoms. The molecule has 3 rings (SSSR count). The molecule has 0 fully saturated rings. The highest BCUT2D eigenvalue weighted by Gasteiger charge is 2.20. The van der Waals surface area contributed by atoms with Gasteiger partial charge in [0.15, 0.2) is 0 Å². The number of para-hydroxylation sites is 1. The van der Waals surface area contributed by atoms with E-state index >= 15 is 0 Å². The third-order valence-electron chi connectivity index (χ3n) is 3.98. The third-order valence-corrected chi connectivity index (χ3v) is 6.12. The van der Waals surface area contributed by atoms with Crippen molar-refractivity contribution < 1.29 is 18.3 Å². The zero-order valence-electron chi connectivity index (χ0n) is 14.1. The van der Waals surface area contributed by atoms with Crippen LogP contribution in [0, 0.1) is 0 Å². The zero-order chi connectivity index (χ0) is 18.6. The van der Waals surface area contributed by atoms with Crippen LogP contribution in [0.4, 0.5) is 0 Å². The van der Waals surface area contributed by atoms with Crippen molar-refractivity contribution in [3.05, 3.63) is 70.9 Å². The summed E-state index contributed by atoms with van der Waals surface area (Å²) in [5.74, 6) is 0.259. The summed E-state index contributed by atoms with van der Waals surface area (Å²) in [4.78, 5) is 0.0440. The second-order valence-corrected chi connectivity index (χ2v) is 8.17. The van der Waals surface area contributed by atoms with E-state index in [2.05, 4.69) is 4.72 Å². The number of ether oxygens (including phenoxy) is 1. The fraction of sp³-hybridized carbons (Fsp3) is 0.158. The Balaban J connectivity index is 1.69. The molecule has 3 aromatic rings. The Labute approximate surface area is 156 Å². The number of hydrogen-bond acceptors (Lipinski definition) is 5. The van der Waals surface area contributed by atoms with Crippen LogP contribution in [0.3, 0.4) is 0 Å². The first-order chi connectivity index (χ1) is 12.5. The van der Waals surface area contributed by atoms with Crippen molar-refractivity contribution in [3.63, 3.8) is 0 Å². The predicted molar refractivity (Wildman–Crippen MR) is 103 cm³/mol. The van der Waals surface area contributed by atoms with Gasteiger partial charge in [-0.25, -0.2) is 13.1 Å². The topological polar surface area (TPSA) is 75.6 Å². The molecule has 0 unspecified atom stereocenters. The van der Waals surface area contributed by atoms with E-state index in [0.717, 1.165) is 11.1 Å². The number of aliphatic hydroxyl groups excluding tert-OH is 1. The van der Waals surface area contributed by atoms with E-state index in [1.54, 1.807) is 41.7 Å². The standard InChI is InChI=1S/C19H19NO4S2/c1-24-18-4-2-3-5-19(18)26(22,23)20-12-17(21)15-8-6-14(7-9-15)16-10-11-25-13-16/h2-11,13,17,20-21H,12H2,1H3/t17-/m0/s1. The van der Waals surface area contributed by atoms with Crippen molar-refractivity contribution in [2.24, 2.45) is 0 Å². The van der Waals surface area contributed by atoms with Gasteiger partial charge in [0, 0.05) is 6.54 Å². The van der Waals surface area contributed by atoms with Crippen molar-refractivity contribution in [1.29, 1.82) is 0 Å². The molecule has 7 heteroatoms. The van der Waals surface area contributed by atoms with Crippen LogP contribution in [-0.4, -0.2) is 27.2 Å². The van der Waals surface area contributed by atoms with Gasteiger partial charge >= 0.3 is 0 Å². The summed E-state index contributed by atoms with van der Waals surface area (Å²) in [6.07, 6.45) is -0.948. The van der Waals surface area contributed by atoms with Crippen LogP contribution in [0.25, 0.3) is 11.1 Å². The van der Waals surface area contributed by atoms with Crippen LogP contribution in [0.5, 0.6) is 5.75 Å². The van der Waals surface area contributed by atoms with Gasteiger partial charge in [-0.05, 0) is 45.6 Å². The number of rotatable bonds is 7. The van der Waals surface area contributed by atoms with E-state index in [1.165, 1.54) is 13.2 Å². The van der Waals surface area contributed by atoms with Crippen molar-refractivity contribution in [3.8, 4) is 16.9 Å². The van der Waals surface area contributed by atoms with Crippen molar-refractivity contribution >= 4 is 21.4 Å². The number of methoxy groups -OCH3 is 1. The fourth-order valence-corrected chi connectivity index (χ4v) is 4.42. The number of aliphatic hydroxyl groups is 1. The minimum atomic E-state index is -3.78. The van der Waals surface area contributed by atoms with Gasteiger partial charge in [0.1, 0.15) is 10.6 Å². The lowest BCUT2D eigenvalue weighted by Gasteiger charge is -2.14. The average molecular weight is 389 g/mol. The van der Waals surface area contributed by atoms with E-state index < -0.39 is 16.1 Å². The molecule has 0 aliphatic rings. The van der Waals surface area contributed by atoms with Crippen LogP contribution < -0.4 is 9.46 Å². The van der Waals surface area contributed by atoms with Crippen LogP contribution in [0.2, 0.25) is 0 Å². The van der Waals surface area contributed by atoms with E-state index in [9.17, 15) is 13.5 Å². The SMILES string of the molecule is COc1ccccc1S(=O)(=O)NC[C@H](O)c1ccc(-c2ccsc2)cc1. The smallest absolute Gasteiger partial charge is 0.244 e. The summed E-state index contributed by atoms with van der Waals surface area (Å²) in [6.45, 7) is -0.127. The molecule has 2 aromatic carbocycles. The Morgan fingerprint density at radius 3 is 2.46 bits per heavy atom. The zero-order valence-corrected chi connectivity index (χ0v) is 15.8. The predicted octanol–water partition coefficient (Wildman–Crippen LogP) is 3.44. The molecule has 26 heavy (non-hydrogen) atoms. The fourth-order valence-electron chi connectivity index (χ4n) is 2.55. The lowest BCUT2D eigenvalue weighted by atomic mass is 10.0. The largest absolute Gasteiger partial charge is 0.495 e. The molecular weight excluding hydrogens is 370 g/mol. The first-order valence-electron chi connectivity index (χ1n) is 7.94. The molecule has 136 valence electrons. The quantitative estimate of drug-likeness (QED) is 0.649. The van der Waals surface area contributed by atoms with Gasteiger partial charge in [0.2, 0.25) is 10.0 Å². The second-order valence-electron chi connectivity index (χ2n) is 5.65. The van der Waals surface area contributed by atoms with Crippen LogP contribution >= 0.6 is 11.3 Å². The number of thiophene rings is 1. The van der Waals surface area contributed by atoms with Crippen LogP contribution in [0.15, 0.2) is 70.3 Å². The summed E-state index contributed by atoms with van der Waals surface area (Å²) < 4.78 is 32.4. The summed E-state index contributed by atoms with van der Waals surface area (Å²) >= 11 is 1.62.